The van der Waals surface area contributed by atoms with Gasteiger partial charge in [0.25, 0.3) is 0 Å². The summed E-state index contributed by atoms with van der Waals surface area (Å²) in [6.07, 6.45) is -0.433. The number of ketones is 1. The molecule has 0 aromatic heterocycles. The van der Waals surface area contributed by atoms with Crippen molar-refractivity contribution in [3.05, 3.63) is 12.2 Å². The molecule has 2 N–H and O–H groups in total. The molecule has 4 aliphatic heterocycles. The molecule has 8 aliphatic rings. The van der Waals surface area contributed by atoms with E-state index in [-0.39, 0.29) is 23.0 Å². The Labute approximate surface area is 169 Å². The van der Waals surface area contributed by atoms with Gasteiger partial charge in [-0.05, 0) is 42.6 Å². The van der Waals surface area contributed by atoms with E-state index in [1.807, 2.05) is 0 Å². The van der Waals surface area contributed by atoms with E-state index in [2.05, 4.69) is 20.4 Å². The maximum absolute atomic E-state index is 13.6. The summed E-state index contributed by atoms with van der Waals surface area (Å²) in [5.41, 5.74) is -2.15. The first-order chi connectivity index (χ1) is 13.5. The number of aliphatic hydroxyl groups excluding tert-OH is 1. The number of hydrogen-bond acceptors (Lipinski definition) is 7. The van der Waals surface area contributed by atoms with Crippen LogP contribution in [0, 0.1) is 34.0 Å². The van der Waals surface area contributed by atoms with Crippen LogP contribution in [0.2, 0.25) is 0 Å². The summed E-state index contributed by atoms with van der Waals surface area (Å²) in [6.45, 7) is 9.54. The monoisotopic (exact) mass is 404 g/mol. The van der Waals surface area contributed by atoms with Gasteiger partial charge in [0.15, 0.2) is 12.1 Å². The molecule has 8 fully saturated rings. The van der Waals surface area contributed by atoms with E-state index in [0.717, 1.165) is 12.8 Å². The summed E-state index contributed by atoms with van der Waals surface area (Å²) in [5.74, 6) is -3.55. The van der Waals surface area contributed by atoms with Crippen molar-refractivity contribution in [1.29, 1.82) is 0 Å². The number of aliphatic hydroxyl groups is 2. The van der Waals surface area contributed by atoms with E-state index in [0.29, 0.717) is 18.4 Å². The van der Waals surface area contributed by atoms with Crippen molar-refractivity contribution in [2.24, 2.45) is 34.0 Å². The zero-order chi connectivity index (χ0) is 20.7. The van der Waals surface area contributed by atoms with Crippen LogP contribution in [0.5, 0.6) is 0 Å². The lowest BCUT2D eigenvalue weighted by atomic mass is 9.34. The molecule has 0 unspecified atom stereocenters. The van der Waals surface area contributed by atoms with Crippen LogP contribution >= 0.6 is 0 Å². The van der Waals surface area contributed by atoms with E-state index in [1.165, 1.54) is 6.92 Å². The minimum atomic E-state index is -2.01. The van der Waals surface area contributed by atoms with Crippen molar-refractivity contribution in [1.82, 2.24) is 0 Å². The highest BCUT2D eigenvalue weighted by atomic mass is 16.8. The predicted molar refractivity (Wildman–Crippen MR) is 98.0 cm³/mol. The Kier molecular flexibility index (Phi) is 3.16. The maximum Gasteiger partial charge on any atom is 0.302 e. The highest BCUT2D eigenvalue weighted by molar-refractivity contribution is 6.05. The lowest BCUT2D eigenvalue weighted by molar-refractivity contribution is -0.556. The fraction of sp³-hybridized carbons (Fsp3) is 0.818. The Bertz CT molecular complexity index is 865. The van der Waals surface area contributed by atoms with Gasteiger partial charge in [0.05, 0.1) is 11.5 Å². The van der Waals surface area contributed by atoms with Gasteiger partial charge in [-0.1, -0.05) is 20.4 Å². The van der Waals surface area contributed by atoms with Crippen molar-refractivity contribution in [3.8, 4) is 0 Å². The van der Waals surface area contributed by atoms with Crippen LogP contribution in [0.4, 0.5) is 0 Å². The molecule has 8 rings (SSSR count). The average molecular weight is 404 g/mol. The van der Waals surface area contributed by atoms with Crippen LogP contribution in [-0.4, -0.2) is 52.4 Å². The third kappa shape index (κ3) is 1.58. The molecule has 7 nitrogen and oxygen atoms in total. The summed E-state index contributed by atoms with van der Waals surface area (Å²) in [7, 11) is 0. The third-order valence-corrected chi connectivity index (χ3v) is 9.42. The number of carbonyl (C=O) groups is 2. The Balaban J connectivity index is 1.66. The summed E-state index contributed by atoms with van der Waals surface area (Å²) < 4.78 is 18.3. The molecule has 4 aliphatic carbocycles. The van der Waals surface area contributed by atoms with Crippen molar-refractivity contribution < 1.29 is 34.0 Å². The van der Waals surface area contributed by atoms with Gasteiger partial charge in [0.2, 0.25) is 5.79 Å². The molecule has 4 saturated heterocycles. The van der Waals surface area contributed by atoms with Gasteiger partial charge in [-0.15, -0.1) is 0 Å². The highest BCUT2D eigenvalue weighted by Gasteiger charge is 2.93. The zero-order valence-corrected chi connectivity index (χ0v) is 17.0. The number of esters is 1. The molecule has 10 atom stereocenters. The smallest absolute Gasteiger partial charge is 0.302 e. The molecule has 0 radical (unpaired) electrons. The van der Waals surface area contributed by atoms with E-state index in [4.69, 9.17) is 14.2 Å². The van der Waals surface area contributed by atoms with Crippen LogP contribution in [-0.2, 0) is 23.8 Å². The minimum absolute atomic E-state index is 0.165. The van der Waals surface area contributed by atoms with Crippen LogP contribution in [0.25, 0.3) is 0 Å². The normalized spacial score (nSPS) is 58.3. The van der Waals surface area contributed by atoms with Gasteiger partial charge in [-0.3, -0.25) is 9.59 Å². The number of Topliss-reactive ketones (excluding diaryl/α,β-unsaturated/α-hetero) is 1. The number of carbonyl (C=O) groups excluding carboxylic acids is 2. The summed E-state index contributed by atoms with van der Waals surface area (Å²) in [4.78, 5) is 25.7. The molecule has 7 bridgehead atoms. The second-order valence-corrected chi connectivity index (χ2v) is 10.7. The van der Waals surface area contributed by atoms with Gasteiger partial charge in [0, 0.05) is 18.8 Å². The number of rotatable bonds is 1. The van der Waals surface area contributed by atoms with Gasteiger partial charge >= 0.3 is 5.97 Å². The molecule has 7 heteroatoms. The van der Waals surface area contributed by atoms with Crippen molar-refractivity contribution in [2.45, 2.75) is 76.8 Å². The number of ether oxygens (including phenoxy) is 3. The maximum atomic E-state index is 13.6. The molecule has 2 spiro atoms. The van der Waals surface area contributed by atoms with Crippen LogP contribution in [0.1, 0.15) is 46.5 Å². The largest absolute Gasteiger partial charge is 0.462 e. The Morgan fingerprint density at radius 2 is 2.00 bits per heavy atom. The molecule has 158 valence electrons. The van der Waals surface area contributed by atoms with Gasteiger partial charge in [0.1, 0.15) is 17.6 Å². The van der Waals surface area contributed by atoms with Gasteiger partial charge in [-0.25, -0.2) is 0 Å². The molecular formula is C22H28O7. The first-order valence-electron chi connectivity index (χ1n) is 10.7. The Hall–Kier alpha value is -1.28. The molecule has 4 saturated carbocycles. The second-order valence-electron chi connectivity index (χ2n) is 10.7. The second kappa shape index (κ2) is 4.96. The van der Waals surface area contributed by atoms with E-state index in [9.17, 15) is 19.8 Å². The van der Waals surface area contributed by atoms with Crippen molar-refractivity contribution in [3.63, 3.8) is 0 Å². The van der Waals surface area contributed by atoms with Crippen molar-refractivity contribution >= 4 is 11.8 Å². The van der Waals surface area contributed by atoms with Crippen molar-refractivity contribution in [2.75, 3.05) is 0 Å². The van der Waals surface area contributed by atoms with Crippen LogP contribution in [0.15, 0.2) is 12.2 Å². The van der Waals surface area contributed by atoms with Gasteiger partial charge < -0.3 is 24.4 Å². The zero-order valence-electron chi connectivity index (χ0n) is 17.0. The fourth-order valence-corrected chi connectivity index (χ4v) is 8.72. The quantitative estimate of drug-likeness (QED) is 0.502. The predicted octanol–water partition coefficient (Wildman–Crippen LogP) is 1.31. The molecular weight excluding hydrogens is 376 g/mol. The molecule has 4 heterocycles. The standard InChI is InChI=1S/C22H28O7/c1-9-11-5-6-12-20-13(27-10(2)23)7-8-19(3,4)14(20)16(25)22(26)21(12,15(9)24)17(11)28-18(20)29-22/h11-14,16-18,25-26H,1,5-8H2,2-4H3/t11-,12-,13-,14+,16-,17-,18-,20-,21-,22+/m0/s1. The summed E-state index contributed by atoms with van der Waals surface area (Å²) >= 11 is 0. The minimum Gasteiger partial charge on any atom is -0.462 e. The third-order valence-electron chi connectivity index (χ3n) is 9.42. The lowest BCUT2D eigenvalue weighted by Crippen LogP contribution is -2.91. The average Bonchev–Trinajstić information content (AvgIpc) is 2.76. The van der Waals surface area contributed by atoms with E-state index in [1.54, 1.807) is 0 Å². The molecule has 0 aromatic rings. The summed E-state index contributed by atoms with van der Waals surface area (Å²) in [6, 6.07) is 0. The van der Waals surface area contributed by atoms with E-state index < -0.39 is 53.1 Å². The summed E-state index contributed by atoms with van der Waals surface area (Å²) in [5, 5.41) is 23.4. The first kappa shape index (κ1) is 18.5. The fourth-order valence-electron chi connectivity index (χ4n) is 8.72. The molecule has 0 aromatic carbocycles. The number of hydrogen-bond donors (Lipinski definition) is 2. The topological polar surface area (TPSA) is 102 Å². The first-order valence-corrected chi connectivity index (χ1v) is 10.7. The Morgan fingerprint density at radius 1 is 1.28 bits per heavy atom. The van der Waals surface area contributed by atoms with Gasteiger partial charge in [-0.2, -0.15) is 0 Å². The molecule has 29 heavy (non-hydrogen) atoms. The van der Waals surface area contributed by atoms with Crippen LogP contribution in [0.3, 0.4) is 0 Å². The van der Waals surface area contributed by atoms with E-state index >= 15 is 0 Å². The molecule has 0 amide bonds. The Morgan fingerprint density at radius 3 is 2.69 bits per heavy atom. The highest BCUT2D eigenvalue weighted by Crippen LogP contribution is 2.81. The lowest BCUT2D eigenvalue weighted by Gasteiger charge is -2.79. The van der Waals surface area contributed by atoms with Crippen LogP contribution < -0.4 is 0 Å². The SMILES string of the molecule is C=C1C(=O)[C@@]23[C@H]4O[C@H]5O[C@]2(O)[C@@H](O)[C@@H]2C(C)(C)CC[C@H](OC(C)=O)[C@]52[C@@H]3CC[C@@H]14.